The number of aliphatic hydroxyl groups excluding tert-OH is 10. The van der Waals surface area contributed by atoms with Gasteiger partial charge in [-0.1, -0.05) is 65.7 Å². The predicted molar refractivity (Wildman–Crippen MR) is 217 cm³/mol. The van der Waals surface area contributed by atoms with Crippen molar-refractivity contribution >= 4 is 17.9 Å². The van der Waals surface area contributed by atoms with Gasteiger partial charge in [0.1, 0.15) is 61.0 Å². The highest BCUT2D eigenvalue weighted by molar-refractivity contribution is 5.71. The van der Waals surface area contributed by atoms with Gasteiger partial charge in [0.15, 0.2) is 12.6 Å². The molecule has 2 aliphatic rings. The second-order valence-corrected chi connectivity index (χ2v) is 16.6. The largest absolute Gasteiger partial charge is 0.481 e. The average molecular weight is 901 g/mol. The summed E-state index contributed by atoms with van der Waals surface area (Å²) in [6.45, 7) is 4.43. The van der Waals surface area contributed by atoms with Gasteiger partial charge in [0.25, 0.3) is 0 Å². The number of carbonyl (C=O) groups excluding carboxylic acids is 2. The SMILES string of the molecule is CCCCCC(O)CC(O)CC(=O)OC(CCCCC)CC(CC(=O)OC(CCCCC)CC(CC(=O)O)OC1OC(CO)C(O)C(O)C1O)OC1OC(CO)C(O)C(O)C1O. The predicted octanol–water partition coefficient (Wildman–Crippen LogP) is 0.0681. The number of carboxylic acids is 1. The molecule has 16 unspecified atom stereocenters. The Hall–Kier alpha value is -2.15. The molecule has 2 aliphatic heterocycles. The molecular formula is C42H76O20. The minimum Gasteiger partial charge on any atom is -0.481 e. The number of aliphatic carboxylic acids is 1. The van der Waals surface area contributed by atoms with Crippen LogP contribution in [0.1, 0.15) is 136 Å². The minimum atomic E-state index is -1.84. The molecule has 20 nitrogen and oxygen atoms in total. The van der Waals surface area contributed by atoms with E-state index in [-0.39, 0.29) is 25.7 Å². The fourth-order valence-electron chi connectivity index (χ4n) is 7.58. The molecule has 20 heteroatoms. The van der Waals surface area contributed by atoms with Crippen molar-refractivity contribution in [2.75, 3.05) is 13.2 Å². The van der Waals surface area contributed by atoms with Gasteiger partial charge in [-0.25, -0.2) is 0 Å². The molecule has 0 amide bonds. The molecule has 11 N–H and O–H groups in total. The first-order valence-electron chi connectivity index (χ1n) is 22.4. The van der Waals surface area contributed by atoms with Crippen LogP contribution in [-0.2, 0) is 42.8 Å². The van der Waals surface area contributed by atoms with E-state index < -0.39 is 148 Å². The summed E-state index contributed by atoms with van der Waals surface area (Å²) < 4.78 is 34.5. The summed E-state index contributed by atoms with van der Waals surface area (Å²) in [6.07, 6.45) is -17.4. The summed E-state index contributed by atoms with van der Waals surface area (Å²) in [7, 11) is 0. The third-order valence-corrected chi connectivity index (χ3v) is 11.1. The quantitative estimate of drug-likeness (QED) is 0.0314. The van der Waals surface area contributed by atoms with Gasteiger partial charge in [0, 0.05) is 12.8 Å². The lowest BCUT2D eigenvalue weighted by Crippen LogP contribution is -2.59. The molecule has 0 saturated carbocycles. The van der Waals surface area contributed by atoms with E-state index in [2.05, 4.69) is 0 Å². The third-order valence-electron chi connectivity index (χ3n) is 11.1. The van der Waals surface area contributed by atoms with Crippen LogP contribution in [-0.4, -0.2) is 185 Å². The standard InChI is InChI=1S/C42H76O20/c1-4-7-10-13-24(45)16-25(46)17-33(49)57-27(15-12-9-6-3)19-29(60-42-40(56)38(54)36(52)31(23-44)62-42)21-34(50)58-26(14-11-8-5-2)18-28(20-32(47)48)59-41-39(55)37(53)35(51)30(22-43)61-41/h24-31,35-46,51-56H,4-23H2,1-3H3,(H,47,48). The highest BCUT2D eigenvalue weighted by atomic mass is 16.7. The summed E-state index contributed by atoms with van der Waals surface area (Å²) in [6, 6.07) is 0. The van der Waals surface area contributed by atoms with Gasteiger partial charge in [0.05, 0.1) is 56.9 Å². The molecule has 0 radical (unpaired) electrons. The van der Waals surface area contributed by atoms with Crippen molar-refractivity contribution in [1.29, 1.82) is 0 Å². The minimum absolute atomic E-state index is 0.0334. The van der Waals surface area contributed by atoms with Gasteiger partial charge in [-0.3, -0.25) is 14.4 Å². The van der Waals surface area contributed by atoms with E-state index in [9.17, 15) is 70.6 Å². The highest BCUT2D eigenvalue weighted by Gasteiger charge is 2.47. The average Bonchev–Trinajstić information content (AvgIpc) is 3.20. The lowest BCUT2D eigenvalue weighted by atomic mass is 9.98. The molecule has 62 heavy (non-hydrogen) atoms. The number of carboxylic acid groups (broad SMARTS) is 1. The Morgan fingerprint density at radius 1 is 0.500 bits per heavy atom. The molecule has 0 bridgehead atoms. The molecule has 16 atom stereocenters. The van der Waals surface area contributed by atoms with Crippen LogP contribution in [0.15, 0.2) is 0 Å². The second-order valence-electron chi connectivity index (χ2n) is 16.6. The molecule has 0 aromatic rings. The molecule has 0 spiro atoms. The van der Waals surface area contributed by atoms with E-state index in [1.165, 1.54) is 0 Å². The topological polar surface area (TPSA) is 329 Å². The van der Waals surface area contributed by atoms with Crippen molar-refractivity contribution in [2.24, 2.45) is 0 Å². The summed E-state index contributed by atoms with van der Waals surface area (Å²) >= 11 is 0. The lowest BCUT2D eigenvalue weighted by molar-refractivity contribution is -0.313. The Morgan fingerprint density at radius 3 is 1.31 bits per heavy atom. The molecule has 2 rings (SSSR count). The normalized spacial score (nSPS) is 29.6. The maximum Gasteiger partial charge on any atom is 0.308 e. The first kappa shape index (κ1) is 56.0. The molecule has 364 valence electrons. The molecule has 0 aliphatic carbocycles. The third kappa shape index (κ3) is 19.9. The van der Waals surface area contributed by atoms with E-state index in [1.54, 1.807) is 0 Å². The van der Waals surface area contributed by atoms with Gasteiger partial charge < -0.3 is 84.6 Å². The van der Waals surface area contributed by atoms with Crippen molar-refractivity contribution in [3.05, 3.63) is 0 Å². The Labute approximate surface area is 364 Å². The van der Waals surface area contributed by atoms with E-state index in [0.717, 1.165) is 38.5 Å². The summed E-state index contributed by atoms with van der Waals surface area (Å²) in [5.74, 6) is -2.96. The zero-order valence-electron chi connectivity index (χ0n) is 36.5. The maximum absolute atomic E-state index is 13.9. The monoisotopic (exact) mass is 900 g/mol. The van der Waals surface area contributed by atoms with Gasteiger partial charge in [0.2, 0.25) is 0 Å². The van der Waals surface area contributed by atoms with Gasteiger partial charge in [-0.05, 0) is 38.5 Å². The molecule has 0 aromatic heterocycles. The maximum atomic E-state index is 13.9. The van der Waals surface area contributed by atoms with Gasteiger partial charge >= 0.3 is 17.9 Å². The lowest BCUT2D eigenvalue weighted by Gasteiger charge is -2.41. The number of aliphatic hydroxyl groups is 10. The van der Waals surface area contributed by atoms with Crippen LogP contribution >= 0.6 is 0 Å². The summed E-state index contributed by atoms with van der Waals surface area (Å²) in [4.78, 5) is 39.0. The van der Waals surface area contributed by atoms with Crippen LogP contribution in [0.4, 0.5) is 0 Å². The zero-order valence-corrected chi connectivity index (χ0v) is 36.5. The molecule has 2 heterocycles. The van der Waals surface area contributed by atoms with Crippen LogP contribution in [0.3, 0.4) is 0 Å². The van der Waals surface area contributed by atoms with Gasteiger partial charge in [-0.2, -0.15) is 0 Å². The van der Waals surface area contributed by atoms with Crippen molar-refractivity contribution in [1.82, 2.24) is 0 Å². The van der Waals surface area contributed by atoms with Crippen LogP contribution < -0.4 is 0 Å². The van der Waals surface area contributed by atoms with Crippen molar-refractivity contribution in [2.45, 2.75) is 234 Å². The Kier molecular flexibility index (Phi) is 27.2. The first-order valence-corrected chi connectivity index (χ1v) is 22.4. The van der Waals surface area contributed by atoms with Gasteiger partial charge in [-0.15, -0.1) is 0 Å². The Morgan fingerprint density at radius 2 is 0.903 bits per heavy atom. The molecule has 0 aromatic carbocycles. The summed E-state index contributed by atoms with van der Waals surface area (Å²) in [5.41, 5.74) is 0. The number of esters is 2. The van der Waals surface area contributed by atoms with Crippen LogP contribution in [0.25, 0.3) is 0 Å². The van der Waals surface area contributed by atoms with E-state index in [4.69, 9.17) is 28.4 Å². The fourth-order valence-corrected chi connectivity index (χ4v) is 7.58. The highest BCUT2D eigenvalue weighted by Crippen LogP contribution is 2.29. The van der Waals surface area contributed by atoms with Crippen molar-refractivity contribution in [3.8, 4) is 0 Å². The van der Waals surface area contributed by atoms with E-state index in [1.807, 2.05) is 20.8 Å². The number of hydrogen-bond donors (Lipinski definition) is 11. The molecule has 2 saturated heterocycles. The van der Waals surface area contributed by atoms with Crippen LogP contribution in [0.5, 0.6) is 0 Å². The van der Waals surface area contributed by atoms with Crippen LogP contribution in [0.2, 0.25) is 0 Å². The first-order chi connectivity index (χ1) is 29.5. The molecular weight excluding hydrogens is 824 g/mol. The van der Waals surface area contributed by atoms with E-state index in [0.29, 0.717) is 32.1 Å². The Bertz CT molecular complexity index is 1240. The Balaban J connectivity index is 2.36. The van der Waals surface area contributed by atoms with Crippen molar-refractivity contribution in [3.63, 3.8) is 0 Å². The fraction of sp³-hybridized carbons (Fsp3) is 0.929. The molecule has 2 fully saturated rings. The number of rotatable bonds is 32. The van der Waals surface area contributed by atoms with Crippen LogP contribution in [0, 0.1) is 0 Å². The number of carbonyl (C=O) groups is 3. The second kappa shape index (κ2) is 30.1. The van der Waals surface area contributed by atoms with E-state index >= 15 is 0 Å². The number of hydrogen-bond acceptors (Lipinski definition) is 19. The number of ether oxygens (including phenoxy) is 6. The zero-order chi connectivity index (χ0) is 46.4. The summed E-state index contributed by atoms with van der Waals surface area (Å²) in [5, 5.41) is 113. The smallest absolute Gasteiger partial charge is 0.308 e. The number of unbranched alkanes of at least 4 members (excludes halogenated alkanes) is 6. The van der Waals surface area contributed by atoms with Crippen molar-refractivity contribution < 1.29 is 99.0 Å².